The van der Waals surface area contributed by atoms with Crippen LogP contribution < -0.4 is 10.2 Å². The number of nitrogens with zero attached hydrogens (tertiary/aromatic N) is 3. The van der Waals surface area contributed by atoms with E-state index in [0.717, 1.165) is 30.3 Å². The average Bonchev–Trinajstić information content (AvgIpc) is 2.47. The normalized spacial score (nSPS) is 10.5. The van der Waals surface area contributed by atoms with E-state index in [4.69, 9.17) is 0 Å². The summed E-state index contributed by atoms with van der Waals surface area (Å²) in [6.45, 7) is 7.80. The van der Waals surface area contributed by atoms with Gasteiger partial charge >= 0.3 is 0 Å². The van der Waals surface area contributed by atoms with Crippen molar-refractivity contribution in [1.29, 1.82) is 0 Å². The van der Waals surface area contributed by atoms with E-state index in [0.29, 0.717) is 6.54 Å². The molecule has 0 unspecified atom stereocenters. The fraction of sp³-hybridized carbons (Fsp3) is 0.412. The van der Waals surface area contributed by atoms with Gasteiger partial charge in [-0.25, -0.2) is 9.97 Å². The van der Waals surface area contributed by atoms with Gasteiger partial charge in [0.25, 0.3) is 0 Å². The Bertz CT molecular complexity index is 578. The Labute approximate surface area is 127 Å². The number of aromatic nitrogens is 2. The van der Waals surface area contributed by atoms with Crippen molar-refractivity contribution in [3.05, 3.63) is 47.4 Å². The van der Waals surface area contributed by atoms with Gasteiger partial charge < -0.3 is 10.2 Å². The summed E-state index contributed by atoms with van der Waals surface area (Å²) < 4.78 is 0. The SMILES string of the molecule is CCNc1cc(C)nc(CN(C)c2ccc(CC)cc2)n1. The van der Waals surface area contributed by atoms with Crippen LogP contribution in [0.25, 0.3) is 0 Å². The summed E-state index contributed by atoms with van der Waals surface area (Å²) in [5, 5.41) is 3.25. The maximum Gasteiger partial charge on any atom is 0.150 e. The highest BCUT2D eigenvalue weighted by Gasteiger charge is 2.06. The number of hydrogen-bond acceptors (Lipinski definition) is 4. The second-order valence-electron chi connectivity index (χ2n) is 5.22. The van der Waals surface area contributed by atoms with Crippen LogP contribution in [0.15, 0.2) is 30.3 Å². The Balaban J connectivity index is 2.12. The van der Waals surface area contributed by atoms with E-state index in [1.165, 1.54) is 11.3 Å². The van der Waals surface area contributed by atoms with Crippen LogP contribution in [0.1, 0.15) is 30.9 Å². The van der Waals surface area contributed by atoms with Crippen molar-refractivity contribution in [2.45, 2.75) is 33.7 Å². The van der Waals surface area contributed by atoms with Gasteiger partial charge in [0.2, 0.25) is 0 Å². The number of hydrogen-bond donors (Lipinski definition) is 1. The van der Waals surface area contributed by atoms with E-state index in [1.54, 1.807) is 0 Å². The van der Waals surface area contributed by atoms with E-state index in [1.807, 2.05) is 13.0 Å². The first-order valence-corrected chi connectivity index (χ1v) is 7.51. The molecule has 0 atom stereocenters. The fourth-order valence-corrected chi connectivity index (χ4v) is 2.26. The van der Waals surface area contributed by atoms with Crippen LogP contribution in [0.3, 0.4) is 0 Å². The number of rotatable bonds is 6. The third kappa shape index (κ3) is 4.18. The molecule has 1 aromatic carbocycles. The zero-order chi connectivity index (χ0) is 15.2. The molecule has 0 spiro atoms. The van der Waals surface area contributed by atoms with Gasteiger partial charge in [-0.3, -0.25) is 0 Å². The van der Waals surface area contributed by atoms with Crippen molar-refractivity contribution in [2.24, 2.45) is 0 Å². The molecule has 0 saturated carbocycles. The lowest BCUT2D eigenvalue weighted by atomic mass is 10.1. The third-order valence-corrected chi connectivity index (χ3v) is 3.42. The van der Waals surface area contributed by atoms with Gasteiger partial charge in [0, 0.05) is 31.0 Å². The van der Waals surface area contributed by atoms with E-state index in [-0.39, 0.29) is 0 Å². The van der Waals surface area contributed by atoms with Crippen LogP contribution in [-0.4, -0.2) is 23.6 Å². The molecule has 0 bridgehead atoms. The largest absolute Gasteiger partial charge is 0.370 e. The molecule has 4 heteroatoms. The molecule has 2 aromatic rings. The van der Waals surface area contributed by atoms with Gasteiger partial charge in [-0.2, -0.15) is 0 Å². The molecule has 0 radical (unpaired) electrons. The molecule has 1 aromatic heterocycles. The van der Waals surface area contributed by atoms with Crippen molar-refractivity contribution < 1.29 is 0 Å². The van der Waals surface area contributed by atoms with E-state index in [9.17, 15) is 0 Å². The quantitative estimate of drug-likeness (QED) is 0.882. The molecule has 0 aliphatic carbocycles. The maximum atomic E-state index is 4.56. The summed E-state index contributed by atoms with van der Waals surface area (Å²) >= 11 is 0. The molecule has 2 rings (SSSR count). The van der Waals surface area contributed by atoms with Crippen LogP contribution >= 0.6 is 0 Å². The number of aryl methyl sites for hydroxylation is 2. The Kier molecular flexibility index (Phi) is 5.14. The smallest absolute Gasteiger partial charge is 0.150 e. The first kappa shape index (κ1) is 15.3. The Morgan fingerprint density at radius 2 is 1.81 bits per heavy atom. The Morgan fingerprint density at radius 1 is 1.10 bits per heavy atom. The second kappa shape index (κ2) is 7.07. The van der Waals surface area contributed by atoms with Crippen LogP contribution in [0.4, 0.5) is 11.5 Å². The highest BCUT2D eigenvalue weighted by molar-refractivity contribution is 5.47. The monoisotopic (exact) mass is 284 g/mol. The van der Waals surface area contributed by atoms with Crippen LogP contribution in [0, 0.1) is 6.92 Å². The average molecular weight is 284 g/mol. The minimum absolute atomic E-state index is 0.700. The molecule has 112 valence electrons. The number of anilines is 2. The van der Waals surface area contributed by atoms with E-state index < -0.39 is 0 Å². The van der Waals surface area contributed by atoms with Crippen LogP contribution in [0.2, 0.25) is 0 Å². The molecule has 0 saturated heterocycles. The summed E-state index contributed by atoms with van der Waals surface area (Å²) in [7, 11) is 2.07. The molecule has 4 nitrogen and oxygen atoms in total. The lowest BCUT2D eigenvalue weighted by molar-refractivity contribution is 0.828. The van der Waals surface area contributed by atoms with E-state index in [2.05, 4.69) is 65.3 Å². The zero-order valence-electron chi connectivity index (χ0n) is 13.3. The molecule has 1 heterocycles. The Hall–Kier alpha value is -2.10. The molecular formula is C17H24N4. The van der Waals surface area contributed by atoms with Gasteiger partial charge in [0.1, 0.15) is 11.6 Å². The molecule has 0 amide bonds. The predicted molar refractivity (Wildman–Crippen MR) is 88.9 cm³/mol. The fourth-order valence-electron chi connectivity index (χ4n) is 2.26. The standard InChI is InChI=1S/C17H24N4/c1-5-14-7-9-15(10-8-14)21(4)12-17-19-13(3)11-16(20-17)18-6-2/h7-11H,5-6,12H2,1-4H3,(H,18,19,20). The van der Waals surface area contributed by atoms with Crippen molar-refractivity contribution in [3.63, 3.8) is 0 Å². The lowest BCUT2D eigenvalue weighted by Crippen LogP contribution is -2.19. The second-order valence-corrected chi connectivity index (χ2v) is 5.22. The molecule has 0 fully saturated rings. The minimum Gasteiger partial charge on any atom is -0.370 e. The Morgan fingerprint density at radius 3 is 2.43 bits per heavy atom. The zero-order valence-corrected chi connectivity index (χ0v) is 13.3. The van der Waals surface area contributed by atoms with E-state index >= 15 is 0 Å². The first-order valence-electron chi connectivity index (χ1n) is 7.51. The summed E-state index contributed by atoms with van der Waals surface area (Å²) in [5.41, 5.74) is 3.53. The number of benzene rings is 1. The van der Waals surface area contributed by atoms with Gasteiger partial charge in [-0.15, -0.1) is 0 Å². The molecule has 0 aliphatic rings. The number of nitrogens with one attached hydrogen (secondary N) is 1. The van der Waals surface area contributed by atoms with Gasteiger partial charge in [-0.05, 0) is 38.0 Å². The van der Waals surface area contributed by atoms with Crippen LogP contribution in [-0.2, 0) is 13.0 Å². The summed E-state index contributed by atoms with van der Waals surface area (Å²) in [4.78, 5) is 11.3. The third-order valence-electron chi connectivity index (χ3n) is 3.42. The van der Waals surface area contributed by atoms with Crippen molar-refractivity contribution in [1.82, 2.24) is 9.97 Å². The first-order chi connectivity index (χ1) is 10.1. The van der Waals surface area contributed by atoms with Gasteiger partial charge in [-0.1, -0.05) is 19.1 Å². The van der Waals surface area contributed by atoms with Crippen LogP contribution in [0.5, 0.6) is 0 Å². The van der Waals surface area contributed by atoms with Crippen molar-refractivity contribution in [2.75, 3.05) is 23.8 Å². The predicted octanol–water partition coefficient (Wildman–Crippen LogP) is 3.42. The minimum atomic E-state index is 0.700. The summed E-state index contributed by atoms with van der Waals surface area (Å²) in [5.74, 6) is 1.74. The highest BCUT2D eigenvalue weighted by atomic mass is 15.1. The van der Waals surface area contributed by atoms with Gasteiger partial charge in [0.15, 0.2) is 0 Å². The molecule has 21 heavy (non-hydrogen) atoms. The van der Waals surface area contributed by atoms with Crippen molar-refractivity contribution >= 4 is 11.5 Å². The summed E-state index contributed by atoms with van der Waals surface area (Å²) in [6.07, 6.45) is 1.07. The molecular weight excluding hydrogens is 260 g/mol. The maximum absolute atomic E-state index is 4.56. The van der Waals surface area contributed by atoms with Gasteiger partial charge in [0.05, 0.1) is 6.54 Å². The van der Waals surface area contributed by atoms with Crippen molar-refractivity contribution in [3.8, 4) is 0 Å². The topological polar surface area (TPSA) is 41.1 Å². The molecule has 1 N–H and O–H groups in total. The highest BCUT2D eigenvalue weighted by Crippen LogP contribution is 2.16. The molecule has 0 aliphatic heterocycles. The lowest BCUT2D eigenvalue weighted by Gasteiger charge is -2.19. The summed E-state index contributed by atoms with van der Waals surface area (Å²) in [6, 6.07) is 10.6.